The number of fused-ring (bicyclic) bond motifs is 1. The lowest BCUT2D eigenvalue weighted by molar-refractivity contribution is -0.137. The van der Waals surface area contributed by atoms with Crippen LogP contribution < -0.4 is 4.74 Å². The number of carboxylic acids is 1. The van der Waals surface area contributed by atoms with Crippen LogP contribution in [0.3, 0.4) is 0 Å². The Hall–Kier alpha value is -4.16. The highest BCUT2D eigenvalue weighted by Gasteiger charge is 2.36. The second kappa shape index (κ2) is 12.1. The molecule has 0 aromatic heterocycles. The molecule has 41 heavy (non-hydrogen) atoms. The predicted octanol–water partition coefficient (Wildman–Crippen LogP) is 7.16. The fraction of sp³-hybridized carbons (Fsp3) is 0.235. The van der Waals surface area contributed by atoms with Crippen LogP contribution in [0.4, 0.5) is 4.39 Å². The van der Waals surface area contributed by atoms with Crippen molar-refractivity contribution in [3.05, 3.63) is 136 Å². The van der Waals surface area contributed by atoms with E-state index in [0.29, 0.717) is 30.7 Å². The minimum absolute atomic E-state index is 0.0758. The summed E-state index contributed by atoms with van der Waals surface area (Å²) in [4.78, 5) is 27.1. The molecule has 0 saturated heterocycles. The van der Waals surface area contributed by atoms with Gasteiger partial charge < -0.3 is 14.7 Å². The van der Waals surface area contributed by atoms with E-state index in [4.69, 9.17) is 16.3 Å². The number of hydrogen-bond acceptors (Lipinski definition) is 3. The number of benzene rings is 4. The number of carboxylic acid groups (broad SMARTS) is 1. The molecule has 1 heterocycles. The molecule has 1 aliphatic rings. The van der Waals surface area contributed by atoms with Gasteiger partial charge in [0.15, 0.2) is 0 Å². The summed E-state index contributed by atoms with van der Waals surface area (Å²) >= 11 is 5.84. The first-order valence-corrected chi connectivity index (χ1v) is 14.0. The van der Waals surface area contributed by atoms with Crippen molar-refractivity contribution < 1.29 is 23.8 Å². The van der Waals surface area contributed by atoms with Crippen molar-refractivity contribution in [3.8, 4) is 5.75 Å². The number of carbonyl (C=O) groups is 2. The summed E-state index contributed by atoms with van der Waals surface area (Å²) in [6, 6.07) is 29.9. The van der Waals surface area contributed by atoms with Gasteiger partial charge in [-0.15, -0.1) is 0 Å². The Balaban J connectivity index is 1.39. The Labute approximate surface area is 244 Å². The van der Waals surface area contributed by atoms with E-state index in [1.54, 1.807) is 23.1 Å². The molecule has 1 N–H and O–H groups in total. The van der Waals surface area contributed by atoms with Crippen molar-refractivity contribution >= 4 is 23.5 Å². The topological polar surface area (TPSA) is 66.8 Å². The van der Waals surface area contributed by atoms with Gasteiger partial charge in [0.2, 0.25) is 0 Å². The lowest BCUT2D eigenvalue weighted by Gasteiger charge is -2.28. The molecule has 5 rings (SSSR count). The van der Waals surface area contributed by atoms with Gasteiger partial charge in [-0.25, -0.2) is 4.39 Å². The second-order valence-corrected chi connectivity index (χ2v) is 11.2. The highest BCUT2D eigenvalue weighted by atomic mass is 35.5. The van der Waals surface area contributed by atoms with Gasteiger partial charge in [0.25, 0.3) is 5.91 Å². The normalized spacial score (nSPS) is 15.8. The molecule has 4 aromatic rings. The van der Waals surface area contributed by atoms with Crippen LogP contribution in [0.5, 0.6) is 5.75 Å². The minimum Gasteiger partial charge on any atom is -0.487 e. The highest BCUT2D eigenvalue weighted by molar-refractivity contribution is 6.30. The summed E-state index contributed by atoms with van der Waals surface area (Å²) in [5.41, 5.74) is 3.60. The Morgan fingerprint density at radius 1 is 0.976 bits per heavy atom. The average molecular weight is 572 g/mol. The number of hydrogen-bond donors (Lipinski definition) is 1. The molecule has 0 aliphatic carbocycles. The fourth-order valence-electron chi connectivity index (χ4n) is 5.52. The lowest BCUT2D eigenvalue weighted by atomic mass is 9.90. The molecule has 1 atom stereocenters. The third-order valence-electron chi connectivity index (χ3n) is 7.48. The Morgan fingerprint density at radius 2 is 1.63 bits per heavy atom. The Bertz CT molecular complexity index is 1510. The van der Waals surface area contributed by atoms with Gasteiger partial charge in [-0.1, -0.05) is 78.3 Å². The molecule has 4 aromatic carbocycles. The third kappa shape index (κ3) is 6.77. The van der Waals surface area contributed by atoms with E-state index < -0.39 is 17.4 Å². The largest absolute Gasteiger partial charge is 0.487 e. The van der Waals surface area contributed by atoms with E-state index in [-0.39, 0.29) is 29.8 Å². The number of ether oxygens (including phenoxy) is 1. The lowest BCUT2D eigenvalue weighted by Crippen LogP contribution is -2.36. The molecule has 0 saturated carbocycles. The van der Waals surface area contributed by atoms with Gasteiger partial charge in [0, 0.05) is 37.4 Å². The fourth-order valence-corrected chi connectivity index (χ4v) is 5.64. The van der Waals surface area contributed by atoms with Crippen LogP contribution in [0, 0.1) is 5.82 Å². The molecule has 0 fully saturated rings. The zero-order chi connectivity index (χ0) is 29.0. The van der Waals surface area contributed by atoms with Crippen LogP contribution in [-0.4, -0.2) is 40.6 Å². The van der Waals surface area contributed by atoms with E-state index in [2.05, 4.69) is 0 Å². The summed E-state index contributed by atoms with van der Waals surface area (Å²) in [6.07, 6.45) is 0.852. The van der Waals surface area contributed by atoms with Gasteiger partial charge in [-0.05, 0) is 59.5 Å². The molecule has 210 valence electrons. The number of halogens is 2. The van der Waals surface area contributed by atoms with E-state index in [1.165, 1.54) is 12.1 Å². The Kier molecular flexibility index (Phi) is 8.41. The highest BCUT2D eigenvalue weighted by Crippen LogP contribution is 2.38. The maximum absolute atomic E-state index is 14.0. The molecule has 1 amide bonds. The van der Waals surface area contributed by atoms with Crippen molar-refractivity contribution in [2.75, 3.05) is 13.1 Å². The molecular formula is C34H31ClFNO4. The van der Waals surface area contributed by atoms with Gasteiger partial charge >= 0.3 is 5.97 Å². The molecule has 1 unspecified atom stereocenters. The van der Waals surface area contributed by atoms with Gasteiger partial charge in [0.1, 0.15) is 17.2 Å². The number of carbonyl (C=O) groups excluding carboxylic acids is 1. The third-order valence-corrected chi connectivity index (χ3v) is 7.79. The van der Waals surface area contributed by atoms with Gasteiger partial charge in [-0.2, -0.15) is 0 Å². The van der Waals surface area contributed by atoms with E-state index in [1.807, 2.05) is 73.7 Å². The SMILES string of the molecule is CC1(Cc2ccc(Cl)c(F)c2)Cc2cc(C(=O)N(CCC(=O)O)CC(c3ccccc3)c3ccccc3)ccc2O1. The maximum Gasteiger partial charge on any atom is 0.305 e. The minimum atomic E-state index is -0.962. The molecule has 1 aliphatic heterocycles. The molecule has 0 radical (unpaired) electrons. The van der Waals surface area contributed by atoms with E-state index in [9.17, 15) is 19.1 Å². The molecule has 5 nitrogen and oxygen atoms in total. The molecular weight excluding hydrogens is 541 g/mol. The van der Waals surface area contributed by atoms with Crippen LogP contribution in [0.25, 0.3) is 0 Å². The zero-order valence-electron chi connectivity index (χ0n) is 22.7. The van der Waals surface area contributed by atoms with Crippen molar-refractivity contribution in [1.29, 1.82) is 0 Å². The van der Waals surface area contributed by atoms with Crippen LogP contribution in [0.2, 0.25) is 5.02 Å². The first-order chi connectivity index (χ1) is 19.7. The quantitative estimate of drug-likeness (QED) is 0.219. The van der Waals surface area contributed by atoms with Crippen molar-refractivity contribution in [2.45, 2.75) is 37.7 Å². The molecule has 0 spiro atoms. The van der Waals surface area contributed by atoms with E-state index in [0.717, 1.165) is 22.3 Å². The predicted molar refractivity (Wildman–Crippen MR) is 157 cm³/mol. The van der Waals surface area contributed by atoms with E-state index >= 15 is 0 Å². The summed E-state index contributed by atoms with van der Waals surface area (Å²) in [7, 11) is 0. The number of aliphatic carboxylic acids is 1. The average Bonchev–Trinajstić information content (AvgIpc) is 3.30. The molecule has 0 bridgehead atoms. The Morgan fingerprint density at radius 3 is 2.24 bits per heavy atom. The van der Waals surface area contributed by atoms with Crippen LogP contribution in [0.15, 0.2) is 97.1 Å². The van der Waals surface area contributed by atoms with Crippen LogP contribution in [-0.2, 0) is 17.6 Å². The first-order valence-electron chi connectivity index (χ1n) is 13.6. The summed E-state index contributed by atoms with van der Waals surface area (Å²) in [5, 5.41) is 9.51. The standard InChI is InChI=1S/C34H31ClFNO4/c1-34(20-23-12-14-29(35)30(36)18-23)21-27-19-26(13-15-31(27)41-34)33(40)37(17-16-32(38)39)22-28(24-8-4-2-5-9-24)25-10-6-3-7-11-25/h2-15,18-19,28H,16-17,20-22H2,1H3,(H,38,39). The van der Waals surface area contributed by atoms with Gasteiger partial charge in [-0.3, -0.25) is 9.59 Å². The zero-order valence-corrected chi connectivity index (χ0v) is 23.5. The number of amides is 1. The maximum atomic E-state index is 14.0. The molecule has 7 heteroatoms. The van der Waals surface area contributed by atoms with Crippen molar-refractivity contribution in [1.82, 2.24) is 4.90 Å². The second-order valence-electron chi connectivity index (χ2n) is 10.7. The smallest absolute Gasteiger partial charge is 0.305 e. The van der Waals surface area contributed by atoms with Gasteiger partial charge in [0.05, 0.1) is 11.4 Å². The van der Waals surface area contributed by atoms with Crippen LogP contribution >= 0.6 is 11.6 Å². The summed E-state index contributed by atoms with van der Waals surface area (Å²) < 4.78 is 20.3. The van der Waals surface area contributed by atoms with Crippen molar-refractivity contribution in [2.24, 2.45) is 0 Å². The van der Waals surface area contributed by atoms with Crippen molar-refractivity contribution in [3.63, 3.8) is 0 Å². The first kappa shape index (κ1) is 28.4. The monoisotopic (exact) mass is 571 g/mol. The number of rotatable bonds is 10. The number of nitrogens with zero attached hydrogens (tertiary/aromatic N) is 1. The van der Waals surface area contributed by atoms with Crippen LogP contribution in [0.1, 0.15) is 51.9 Å². The summed E-state index contributed by atoms with van der Waals surface area (Å²) in [5.74, 6) is -1.12. The summed E-state index contributed by atoms with van der Waals surface area (Å²) in [6.45, 7) is 2.37.